The minimum atomic E-state index is -0.190. The van der Waals surface area contributed by atoms with E-state index in [1.54, 1.807) is 11.3 Å². The number of fused-ring (bicyclic) bond motifs is 2. The molecule has 2 N–H and O–H groups in total. The lowest BCUT2D eigenvalue weighted by Gasteiger charge is -2.40. The van der Waals surface area contributed by atoms with E-state index in [9.17, 15) is 4.79 Å². The summed E-state index contributed by atoms with van der Waals surface area (Å²) in [6.45, 7) is 6.79. The minimum absolute atomic E-state index is 0.0135. The van der Waals surface area contributed by atoms with Crippen molar-refractivity contribution in [1.82, 2.24) is 15.6 Å². The standard InChI is InChI=1S/C21H27N3O2S/c1-14-4-3-8-23-17(14)12-15(2)24-20(25)19-13-16-18(27-19)5-11-26-21(16)6-9-22-10-7-21/h3-4,8,13,15,22H,5-7,9-12H2,1-2H3,(H,24,25). The number of thiophene rings is 1. The molecule has 1 atom stereocenters. The highest BCUT2D eigenvalue weighted by Crippen LogP contribution is 2.43. The van der Waals surface area contributed by atoms with E-state index in [1.807, 2.05) is 19.2 Å². The number of hydrogen-bond acceptors (Lipinski definition) is 5. The lowest BCUT2D eigenvalue weighted by atomic mass is 9.83. The van der Waals surface area contributed by atoms with Gasteiger partial charge in [0.2, 0.25) is 0 Å². The second-order valence-electron chi connectivity index (χ2n) is 7.64. The van der Waals surface area contributed by atoms with Crippen LogP contribution in [-0.2, 0) is 23.2 Å². The molecule has 1 amide bonds. The Morgan fingerprint density at radius 3 is 3.04 bits per heavy atom. The molecule has 27 heavy (non-hydrogen) atoms. The average molecular weight is 386 g/mol. The monoisotopic (exact) mass is 385 g/mol. The smallest absolute Gasteiger partial charge is 0.261 e. The van der Waals surface area contributed by atoms with Crippen LogP contribution >= 0.6 is 11.3 Å². The number of aryl methyl sites for hydroxylation is 1. The topological polar surface area (TPSA) is 63.2 Å². The van der Waals surface area contributed by atoms with Gasteiger partial charge in [0, 0.05) is 35.7 Å². The van der Waals surface area contributed by atoms with Crippen molar-refractivity contribution < 1.29 is 9.53 Å². The van der Waals surface area contributed by atoms with Gasteiger partial charge in [0.1, 0.15) is 0 Å². The molecule has 0 aromatic carbocycles. The van der Waals surface area contributed by atoms with Crippen molar-refractivity contribution in [3.8, 4) is 0 Å². The summed E-state index contributed by atoms with van der Waals surface area (Å²) in [4.78, 5) is 19.4. The van der Waals surface area contributed by atoms with Gasteiger partial charge in [0.15, 0.2) is 0 Å². The molecule has 1 unspecified atom stereocenters. The molecule has 4 heterocycles. The third-order valence-corrected chi connectivity index (χ3v) is 6.83. The maximum Gasteiger partial charge on any atom is 0.261 e. The Morgan fingerprint density at radius 2 is 2.26 bits per heavy atom. The van der Waals surface area contributed by atoms with E-state index in [2.05, 4.69) is 34.7 Å². The zero-order valence-corrected chi connectivity index (χ0v) is 16.8. The molecule has 1 fully saturated rings. The van der Waals surface area contributed by atoms with Crippen LogP contribution in [0.15, 0.2) is 24.4 Å². The van der Waals surface area contributed by atoms with E-state index >= 15 is 0 Å². The first-order valence-corrected chi connectivity index (χ1v) is 10.6. The minimum Gasteiger partial charge on any atom is -0.370 e. The summed E-state index contributed by atoms with van der Waals surface area (Å²) in [6, 6.07) is 6.12. The van der Waals surface area contributed by atoms with E-state index in [-0.39, 0.29) is 17.6 Å². The number of aromatic nitrogens is 1. The Bertz CT molecular complexity index is 827. The number of ether oxygens (including phenoxy) is 1. The first-order chi connectivity index (χ1) is 13.1. The van der Waals surface area contributed by atoms with Crippen LogP contribution in [0.25, 0.3) is 0 Å². The Morgan fingerprint density at radius 1 is 1.44 bits per heavy atom. The first-order valence-electron chi connectivity index (χ1n) is 9.77. The average Bonchev–Trinajstić information content (AvgIpc) is 3.11. The highest BCUT2D eigenvalue weighted by molar-refractivity contribution is 7.14. The van der Waals surface area contributed by atoms with Crippen molar-refractivity contribution in [1.29, 1.82) is 0 Å². The second kappa shape index (κ2) is 7.70. The number of carbonyl (C=O) groups is 1. The molecule has 0 bridgehead atoms. The maximum absolute atomic E-state index is 12.8. The molecule has 6 heteroatoms. The number of piperidine rings is 1. The van der Waals surface area contributed by atoms with Crippen molar-refractivity contribution in [2.24, 2.45) is 0 Å². The lowest BCUT2D eigenvalue weighted by Crippen LogP contribution is -2.44. The van der Waals surface area contributed by atoms with Crippen LogP contribution in [-0.4, -0.2) is 36.6 Å². The Hall–Kier alpha value is -1.76. The first kappa shape index (κ1) is 18.6. The maximum atomic E-state index is 12.8. The number of hydrogen-bond donors (Lipinski definition) is 2. The summed E-state index contributed by atoms with van der Waals surface area (Å²) in [7, 11) is 0. The molecule has 2 aromatic heterocycles. The molecule has 2 aromatic rings. The van der Waals surface area contributed by atoms with Gasteiger partial charge in [0.05, 0.1) is 17.1 Å². The molecule has 1 spiro atoms. The predicted molar refractivity (Wildman–Crippen MR) is 107 cm³/mol. The largest absolute Gasteiger partial charge is 0.370 e. The van der Waals surface area contributed by atoms with Gasteiger partial charge in [-0.3, -0.25) is 9.78 Å². The third kappa shape index (κ3) is 3.79. The van der Waals surface area contributed by atoms with Gasteiger partial charge in [-0.15, -0.1) is 11.3 Å². The van der Waals surface area contributed by atoms with Crippen molar-refractivity contribution >= 4 is 17.2 Å². The van der Waals surface area contributed by atoms with E-state index in [1.165, 1.54) is 10.4 Å². The number of nitrogens with zero attached hydrogens (tertiary/aromatic N) is 1. The van der Waals surface area contributed by atoms with Crippen molar-refractivity contribution in [2.45, 2.75) is 51.2 Å². The van der Waals surface area contributed by atoms with Crippen molar-refractivity contribution in [3.63, 3.8) is 0 Å². The van der Waals surface area contributed by atoms with Gasteiger partial charge in [-0.2, -0.15) is 0 Å². The van der Waals surface area contributed by atoms with Crippen molar-refractivity contribution in [3.05, 3.63) is 51.0 Å². The zero-order chi connectivity index (χ0) is 18.9. The molecule has 5 nitrogen and oxygen atoms in total. The van der Waals surface area contributed by atoms with Crippen LogP contribution in [0.5, 0.6) is 0 Å². The molecule has 0 aliphatic carbocycles. The van der Waals surface area contributed by atoms with Gasteiger partial charge in [-0.1, -0.05) is 6.07 Å². The fraction of sp³-hybridized carbons (Fsp3) is 0.524. The molecule has 0 saturated carbocycles. The number of carbonyl (C=O) groups excluding carboxylic acids is 1. The third-order valence-electron chi connectivity index (χ3n) is 5.64. The summed E-state index contributed by atoms with van der Waals surface area (Å²) < 4.78 is 6.23. The van der Waals surface area contributed by atoms with E-state index in [4.69, 9.17) is 4.74 Å². The molecular weight excluding hydrogens is 358 g/mol. The van der Waals surface area contributed by atoms with Gasteiger partial charge < -0.3 is 15.4 Å². The van der Waals surface area contributed by atoms with Crippen LogP contribution in [0.4, 0.5) is 0 Å². The van der Waals surface area contributed by atoms with Gasteiger partial charge >= 0.3 is 0 Å². The van der Waals surface area contributed by atoms with Crippen LogP contribution < -0.4 is 10.6 Å². The van der Waals surface area contributed by atoms with Gasteiger partial charge in [-0.25, -0.2) is 0 Å². The summed E-state index contributed by atoms with van der Waals surface area (Å²) in [5, 5.41) is 6.56. The fourth-order valence-electron chi connectivity index (χ4n) is 4.14. The summed E-state index contributed by atoms with van der Waals surface area (Å²) in [5.41, 5.74) is 3.26. The SMILES string of the molecule is Cc1cccnc1CC(C)NC(=O)c1cc2c(s1)CCOC21CCNCC1. The summed E-state index contributed by atoms with van der Waals surface area (Å²) in [6.07, 6.45) is 5.41. The molecule has 2 aliphatic heterocycles. The molecular formula is C21H27N3O2S. The number of pyridine rings is 1. The summed E-state index contributed by atoms with van der Waals surface area (Å²) in [5.74, 6) is 0.0135. The number of rotatable bonds is 4. The molecule has 4 rings (SSSR count). The molecule has 0 radical (unpaired) electrons. The van der Waals surface area contributed by atoms with Gasteiger partial charge in [-0.05, 0) is 63.0 Å². The lowest BCUT2D eigenvalue weighted by molar-refractivity contribution is -0.0792. The highest BCUT2D eigenvalue weighted by Gasteiger charge is 2.40. The Kier molecular flexibility index (Phi) is 5.30. The molecule has 1 saturated heterocycles. The molecule has 144 valence electrons. The normalized spacial score (nSPS) is 19.5. The van der Waals surface area contributed by atoms with E-state index < -0.39 is 0 Å². The summed E-state index contributed by atoms with van der Waals surface area (Å²) >= 11 is 1.63. The van der Waals surface area contributed by atoms with Crippen LogP contribution in [0, 0.1) is 6.92 Å². The Balaban J connectivity index is 1.48. The molecule has 2 aliphatic rings. The fourth-order valence-corrected chi connectivity index (χ4v) is 5.28. The van der Waals surface area contributed by atoms with Crippen LogP contribution in [0.2, 0.25) is 0 Å². The van der Waals surface area contributed by atoms with Crippen LogP contribution in [0.3, 0.4) is 0 Å². The second-order valence-corrected chi connectivity index (χ2v) is 8.77. The van der Waals surface area contributed by atoms with E-state index in [0.29, 0.717) is 0 Å². The van der Waals surface area contributed by atoms with E-state index in [0.717, 1.165) is 61.5 Å². The number of nitrogens with one attached hydrogen (secondary N) is 2. The predicted octanol–water partition coefficient (Wildman–Crippen LogP) is 2.96. The number of amides is 1. The van der Waals surface area contributed by atoms with Gasteiger partial charge in [0.25, 0.3) is 5.91 Å². The van der Waals surface area contributed by atoms with Crippen molar-refractivity contribution in [2.75, 3.05) is 19.7 Å². The quantitative estimate of drug-likeness (QED) is 0.849. The highest BCUT2D eigenvalue weighted by atomic mass is 32.1. The zero-order valence-electron chi connectivity index (χ0n) is 16.0. The Labute approximate surface area is 164 Å². The van der Waals surface area contributed by atoms with Crippen LogP contribution in [0.1, 0.15) is 51.1 Å².